The maximum atomic E-state index is 14.9. The summed E-state index contributed by atoms with van der Waals surface area (Å²) in [6.07, 6.45) is 8.68. The average Bonchev–Trinajstić information content (AvgIpc) is 2.72. The molecule has 0 radical (unpaired) electrons. The second kappa shape index (κ2) is 9.72. The molecule has 0 N–H and O–H groups in total. The SMILES string of the molecule is CCC(C)CCC(C)c1ccc(-c2ccc(C3CCC(C)CC3)cc2F)cc1. The van der Waals surface area contributed by atoms with E-state index in [0.29, 0.717) is 11.8 Å². The first-order chi connectivity index (χ1) is 13.5. The highest BCUT2D eigenvalue weighted by Gasteiger charge is 2.20. The molecular formula is C27H37F. The molecular weight excluding hydrogens is 343 g/mol. The molecule has 0 saturated heterocycles. The van der Waals surface area contributed by atoms with Crippen molar-refractivity contribution in [3.05, 3.63) is 59.4 Å². The molecule has 0 bridgehead atoms. The van der Waals surface area contributed by atoms with Crippen molar-refractivity contribution in [3.8, 4) is 11.1 Å². The molecule has 2 unspecified atom stereocenters. The van der Waals surface area contributed by atoms with Crippen molar-refractivity contribution < 1.29 is 4.39 Å². The Hall–Kier alpha value is -1.63. The Morgan fingerprint density at radius 1 is 0.929 bits per heavy atom. The molecule has 1 fully saturated rings. The van der Waals surface area contributed by atoms with Gasteiger partial charge in [-0.25, -0.2) is 4.39 Å². The van der Waals surface area contributed by atoms with E-state index in [9.17, 15) is 4.39 Å². The summed E-state index contributed by atoms with van der Waals surface area (Å²) < 4.78 is 14.9. The topological polar surface area (TPSA) is 0 Å². The summed E-state index contributed by atoms with van der Waals surface area (Å²) in [4.78, 5) is 0. The van der Waals surface area contributed by atoms with E-state index in [-0.39, 0.29) is 5.82 Å². The van der Waals surface area contributed by atoms with Gasteiger partial charge in [-0.05, 0) is 65.7 Å². The summed E-state index contributed by atoms with van der Waals surface area (Å²) in [5.41, 5.74) is 4.26. The Labute approximate surface area is 171 Å². The van der Waals surface area contributed by atoms with Gasteiger partial charge in [0.15, 0.2) is 0 Å². The fourth-order valence-electron chi connectivity index (χ4n) is 4.51. The third-order valence-corrected chi connectivity index (χ3v) is 7.06. The average molecular weight is 381 g/mol. The molecule has 152 valence electrons. The lowest BCUT2D eigenvalue weighted by Gasteiger charge is -2.26. The van der Waals surface area contributed by atoms with Crippen molar-refractivity contribution in [2.45, 2.75) is 84.5 Å². The number of rotatable bonds is 7. The maximum absolute atomic E-state index is 14.9. The fraction of sp³-hybridized carbons (Fsp3) is 0.556. The number of benzene rings is 2. The Bertz CT molecular complexity index is 737. The molecule has 2 aromatic rings. The summed E-state index contributed by atoms with van der Waals surface area (Å²) >= 11 is 0. The van der Waals surface area contributed by atoms with Gasteiger partial charge in [0.2, 0.25) is 0 Å². The van der Waals surface area contributed by atoms with E-state index in [1.54, 1.807) is 6.07 Å². The van der Waals surface area contributed by atoms with E-state index in [2.05, 4.69) is 58.0 Å². The van der Waals surface area contributed by atoms with Crippen LogP contribution in [0.4, 0.5) is 4.39 Å². The summed E-state index contributed by atoms with van der Waals surface area (Å²) in [7, 11) is 0. The molecule has 3 rings (SSSR count). The van der Waals surface area contributed by atoms with Gasteiger partial charge in [0.05, 0.1) is 0 Å². The van der Waals surface area contributed by atoms with Crippen LogP contribution >= 0.6 is 0 Å². The van der Waals surface area contributed by atoms with Crippen LogP contribution in [0.15, 0.2) is 42.5 Å². The van der Waals surface area contributed by atoms with Crippen molar-refractivity contribution >= 4 is 0 Å². The van der Waals surface area contributed by atoms with Crippen LogP contribution in [0.1, 0.15) is 95.6 Å². The molecule has 0 spiro atoms. The van der Waals surface area contributed by atoms with Gasteiger partial charge in [0, 0.05) is 5.56 Å². The number of hydrogen-bond acceptors (Lipinski definition) is 0. The van der Waals surface area contributed by atoms with E-state index in [1.165, 1.54) is 56.1 Å². The van der Waals surface area contributed by atoms with E-state index in [1.807, 2.05) is 6.07 Å². The molecule has 1 heteroatoms. The predicted octanol–water partition coefficient (Wildman–Crippen LogP) is 8.72. The highest BCUT2D eigenvalue weighted by Crippen LogP contribution is 2.37. The lowest BCUT2D eigenvalue weighted by atomic mass is 9.79. The Kier molecular flexibility index (Phi) is 7.32. The van der Waals surface area contributed by atoms with E-state index < -0.39 is 0 Å². The molecule has 0 aromatic heterocycles. The zero-order valence-corrected chi connectivity index (χ0v) is 18.2. The van der Waals surface area contributed by atoms with Gasteiger partial charge in [-0.15, -0.1) is 0 Å². The van der Waals surface area contributed by atoms with Crippen LogP contribution in [-0.2, 0) is 0 Å². The normalized spacial score (nSPS) is 22.0. The zero-order chi connectivity index (χ0) is 20.1. The predicted molar refractivity (Wildman–Crippen MR) is 119 cm³/mol. The molecule has 1 aliphatic carbocycles. The van der Waals surface area contributed by atoms with Crippen molar-refractivity contribution in [1.29, 1.82) is 0 Å². The van der Waals surface area contributed by atoms with Gasteiger partial charge < -0.3 is 0 Å². The minimum absolute atomic E-state index is 0.0753. The van der Waals surface area contributed by atoms with Crippen LogP contribution in [0.3, 0.4) is 0 Å². The van der Waals surface area contributed by atoms with Crippen molar-refractivity contribution in [3.63, 3.8) is 0 Å². The number of hydrogen-bond donors (Lipinski definition) is 0. The first kappa shape index (κ1) is 21.1. The summed E-state index contributed by atoms with van der Waals surface area (Å²) in [5.74, 6) is 2.64. The maximum Gasteiger partial charge on any atom is 0.131 e. The van der Waals surface area contributed by atoms with E-state index in [4.69, 9.17) is 0 Å². The van der Waals surface area contributed by atoms with Gasteiger partial charge in [0.1, 0.15) is 5.82 Å². The zero-order valence-electron chi connectivity index (χ0n) is 18.2. The van der Waals surface area contributed by atoms with Crippen LogP contribution in [0.5, 0.6) is 0 Å². The fourth-order valence-corrected chi connectivity index (χ4v) is 4.51. The smallest absolute Gasteiger partial charge is 0.131 e. The van der Waals surface area contributed by atoms with E-state index >= 15 is 0 Å². The second-order valence-corrected chi connectivity index (χ2v) is 9.31. The van der Waals surface area contributed by atoms with Crippen LogP contribution < -0.4 is 0 Å². The molecule has 2 atom stereocenters. The molecule has 0 nitrogen and oxygen atoms in total. The Morgan fingerprint density at radius 2 is 1.61 bits per heavy atom. The third-order valence-electron chi connectivity index (χ3n) is 7.06. The minimum Gasteiger partial charge on any atom is -0.206 e. The largest absolute Gasteiger partial charge is 0.206 e. The first-order valence-corrected chi connectivity index (χ1v) is 11.4. The molecule has 1 aliphatic rings. The Morgan fingerprint density at radius 3 is 2.21 bits per heavy atom. The monoisotopic (exact) mass is 380 g/mol. The van der Waals surface area contributed by atoms with Crippen LogP contribution in [0.25, 0.3) is 11.1 Å². The highest BCUT2D eigenvalue weighted by molar-refractivity contribution is 5.65. The molecule has 0 amide bonds. The lowest BCUT2D eigenvalue weighted by molar-refractivity contribution is 0.347. The van der Waals surface area contributed by atoms with Crippen molar-refractivity contribution in [2.24, 2.45) is 11.8 Å². The Balaban J connectivity index is 1.68. The summed E-state index contributed by atoms with van der Waals surface area (Å²) in [6.45, 7) is 9.22. The third kappa shape index (κ3) is 5.25. The minimum atomic E-state index is -0.0753. The van der Waals surface area contributed by atoms with Crippen molar-refractivity contribution in [2.75, 3.05) is 0 Å². The van der Waals surface area contributed by atoms with Gasteiger partial charge in [0.25, 0.3) is 0 Å². The highest BCUT2D eigenvalue weighted by atomic mass is 19.1. The van der Waals surface area contributed by atoms with Crippen LogP contribution in [0, 0.1) is 17.7 Å². The molecule has 0 heterocycles. The summed E-state index contributed by atoms with van der Waals surface area (Å²) in [5, 5.41) is 0. The molecule has 28 heavy (non-hydrogen) atoms. The molecule has 2 aromatic carbocycles. The van der Waals surface area contributed by atoms with Crippen molar-refractivity contribution in [1.82, 2.24) is 0 Å². The van der Waals surface area contributed by atoms with Crippen LogP contribution in [0.2, 0.25) is 0 Å². The number of halogens is 1. The van der Waals surface area contributed by atoms with Gasteiger partial charge >= 0.3 is 0 Å². The van der Waals surface area contributed by atoms with E-state index in [0.717, 1.165) is 23.0 Å². The summed E-state index contributed by atoms with van der Waals surface area (Å²) in [6, 6.07) is 14.5. The van der Waals surface area contributed by atoms with Gasteiger partial charge in [-0.3, -0.25) is 0 Å². The van der Waals surface area contributed by atoms with Gasteiger partial charge in [-0.2, -0.15) is 0 Å². The molecule has 0 aliphatic heterocycles. The first-order valence-electron chi connectivity index (χ1n) is 11.4. The molecule has 1 saturated carbocycles. The van der Waals surface area contributed by atoms with Crippen LogP contribution in [-0.4, -0.2) is 0 Å². The quantitative estimate of drug-likeness (QED) is 0.450. The second-order valence-electron chi connectivity index (χ2n) is 9.31. The van der Waals surface area contributed by atoms with Gasteiger partial charge in [-0.1, -0.05) is 89.8 Å². The lowest BCUT2D eigenvalue weighted by Crippen LogP contribution is -2.11. The standard InChI is InChI=1S/C27H37F/c1-5-19(2)6-9-21(4)22-12-14-24(15-13-22)26-17-16-25(18-27(26)28)23-10-7-20(3)8-11-23/h12-21,23H,5-11H2,1-4H3.